The number of hydrogen-bond acceptors (Lipinski definition) is 3. The van der Waals surface area contributed by atoms with Crippen LogP contribution >= 0.6 is 0 Å². The minimum Gasteiger partial charge on any atom is -0.460 e. The predicted octanol–water partition coefficient (Wildman–Crippen LogP) is 2.43. The lowest BCUT2D eigenvalue weighted by atomic mass is 10.1. The van der Waals surface area contributed by atoms with E-state index in [1.807, 2.05) is 6.07 Å². The van der Waals surface area contributed by atoms with Crippen molar-refractivity contribution in [1.82, 2.24) is 4.90 Å². The van der Waals surface area contributed by atoms with E-state index in [9.17, 15) is 8.78 Å². The number of benzene rings is 1. The Morgan fingerprint density at radius 1 is 1.33 bits per heavy atom. The lowest BCUT2D eigenvalue weighted by molar-refractivity contribution is -0.155. The summed E-state index contributed by atoms with van der Waals surface area (Å²) in [6, 6.07) is 7.09. The highest BCUT2D eigenvalue weighted by Crippen LogP contribution is 2.47. The molecular weight excluding hydrogens is 238 g/mol. The number of rotatable bonds is 3. The fourth-order valence-corrected chi connectivity index (χ4v) is 2.20. The Kier molecular flexibility index (Phi) is 2.97. The van der Waals surface area contributed by atoms with Gasteiger partial charge in [0.2, 0.25) is 5.72 Å². The maximum atomic E-state index is 14.4. The molecule has 18 heavy (non-hydrogen) atoms. The number of ether oxygens (including phenoxy) is 1. The molecule has 1 unspecified atom stereocenters. The van der Waals surface area contributed by atoms with Crippen LogP contribution in [0.25, 0.3) is 0 Å². The van der Waals surface area contributed by atoms with Crippen molar-refractivity contribution >= 4 is 5.69 Å². The number of alkyl halides is 2. The predicted molar refractivity (Wildman–Crippen MR) is 67.4 cm³/mol. The SMILES string of the molecule is CN(C)CC(F)(F)C1(C)Oc2ccccc2N1C. The first-order valence-electron chi connectivity index (χ1n) is 5.82. The number of anilines is 1. The lowest BCUT2D eigenvalue weighted by Gasteiger charge is -2.39. The van der Waals surface area contributed by atoms with Crippen molar-refractivity contribution in [2.45, 2.75) is 18.6 Å². The van der Waals surface area contributed by atoms with Gasteiger partial charge < -0.3 is 14.5 Å². The van der Waals surface area contributed by atoms with Crippen LogP contribution in [0.15, 0.2) is 24.3 Å². The molecule has 0 radical (unpaired) electrons. The Morgan fingerprint density at radius 3 is 2.50 bits per heavy atom. The molecule has 0 N–H and O–H groups in total. The molecule has 0 saturated carbocycles. The molecule has 1 heterocycles. The first-order chi connectivity index (χ1) is 8.28. The Hall–Kier alpha value is -1.36. The number of hydrogen-bond donors (Lipinski definition) is 0. The molecule has 3 nitrogen and oxygen atoms in total. The van der Waals surface area contributed by atoms with Gasteiger partial charge in [-0.15, -0.1) is 0 Å². The Balaban J connectivity index is 2.35. The van der Waals surface area contributed by atoms with Crippen LogP contribution in [0.2, 0.25) is 0 Å². The summed E-state index contributed by atoms with van der Waals surface area (Å²) in [5.41, 5.74) is -0.959. The molecular formula is C13H18F2N2O. The van der Waals surface area contributed by atoms with Gasteiger partial charge in [-0.25, -0.2) is 0 Å². The fraction of sp³-hybridized carbons (Fsp3) is 0.538. The summed E-state index contributed by atoms with van der Waals surface area (Å²) >= 11 is 0. The van der Waals surface area contributed by atoms with E-state index in [0.717, 1.165) is 0 Å². The van der Waals surface area contributed by atoms with Crippen molar-refractivity contribution in [2.24, 2.45) is 0 Å². The highest BCUT2D eigenvalue weighted by atomic mass is 19.3. The molecule has 5 heteroatoms. The normalized spacial score (nSPS) is 23.2. The van der Waals surface area contributed by atoms with Crippen molar-refractivity contribution < 1.29 is 13.5 Å². The molecule has 1 aliphatic rings. The van der Waals surface area contributed by atoms with E-state index in [1.54, 1.807) is 39.3 Å². The first-order valence-corrected chi connectivity index (χ1v) is 5.82. The zero-order valence-electron chi connectivity index (χ0n) is 11.1. The summed E-state index contributed by atoms with van der Waals surface area (Å²) in [5, 5.41) is 0. The van der Waals surface area contributed by atoms with E-state index >= 15 is 0 Å². The van der Waals surface area contributed by atoms with Crippen LogP contribution in [-0.4, -0.2) is 44.2 Å². The summed E-state index contributed by atoms with van der Waals surface area (Å²) in [6.45, 7) is 1.07. The summed E-state index contributed by atoms with van der Waals surface area (Å²) < 4.78 is 34.3. The van der Waals surface area contributed by atoms with Gasteiger partial charge in [-0.3, -0.25) is 0 Å². The van der Waals surface area contributed by atoms with Crippen molar-refractivity contribution in [3.63, 3.8) is 0 Å². The van der Waals surface area contributed by atoms with Crippen LogP contribution < -0.4 is 9.64 Å². The first kappa shape index (κ1) is 13.1. The molecule has 0 amide bonds. The molecule has 0 aromatic heterocycles. The molecule has 2 rings (SSSR count). The summed E-state index contributed by atoms with van der Waals surface area (Å²) in [6.07, 6.45) is 0. The number of nitrogens with zero attached hydrogens (tertiary/aromatic N) is 2. The second kappa shape index (κ2) is 4.09. The van der Waals surface area contributed by atoms with E-state index in [0.29, 0.717) is 11.4 Å². The summed E-state index contributed by atoms with van der Waals surface area (Å²) in [5.74, 6) is -2.48. The number of fused-ring (bicyclic) bond motifs is 1. The average Bonchev–Trinajstić information content (AvgIpc) is 2.52. The van der Waals surface area contributed by atoms with Crippen LogP contribution in [0.5, 0.6) is 5.75 Å². The Labute approximate surface area is 106 Å². The van der Waals surface area contributed by atoms with Gasteiger partial charge in [-0.05, 0) is 26.2 Å². The summed E-state index contributed by atoms with van der Waals surface area (Å²) in [4.78, 5) is 2.97. The summed E-state index contributed by atoms with van der Waals surface area (Å²) in [7, 11) is 4.88. The molecule has 1 atom stereocenters. The zero-order chi connectivity index (χ0) is 13.6. The topological polar surface area (TPSA) is 15.7 Å². The van der Waals surface area contributed by atoms with Crippen molar-refractivity contribution in [3.8, 4) is 5.75 Å². The highest BCUT2D eigenvalue weighted by molar-refractivity contribution is 5.63. The van der Waals surface area contributed by atoms with Crippen LogP contribution in [-0.2, 0) is 0 Å². The lowest BCUT2D eigenvalue weighted by Crippen LogP contribution is -2.61. The van der Waals surface area contributed by atoms with Gasteiger partial charge in [-0.1, -0.05) is 12.1 Å². The van der Waals surface area contributed by atoms with Gasteiger partial charge in [0, 0.05) is 14.0 Å². The molecule has 100 valence electrons. The second-order valence-electron chi connectivity index (χ2n) is 5.05. The van der Waals surface area contributed by atoms with E-state index in [4.69, 9.17) is 4.74 Å². The van der Waals surface area contributed by atoms with E-state index in [1.165, 1.54) is 16.7 Å². The largest absolute Gasteiger partial charge is 0.460 e. The maximum absolute atomic E-state index is 14.4. The zero-order valence-corrected chi connectivity index (χ0v) is 11.1. The fourth-order valence-electron chi connectivity index (χ4n) is 2.20. The number of para-hydroxylation sites is 2. The van der Waals surface area contributed by atoms with E-state index in [2.05, 4.69) is 0 Å². The monoisotopic (exact) mass is 256 g/mol. The van der Waals surface area contributed by atoms with Gasteiger partial charge in [0.1, 0.15) is 5.75 Å². The van der Waals surface area contributed by atoms with Crippen molar-refractivity contribution in [3.05, 3.63) is 24.3 Å². The van der Waals surface area contributed by atoms with Gasteiger partial charge in [0.15, 0.2) is 0 Å². The van der Waals surface area contributed by atoms with Gasteiger partial charge in [0.05, 0.1) is 12.2 Å². The smallest absolute Gasteiger partial charge is 0.317 e. The van der Waals surface area contributed by atoms with Gasteiger partial charge in [0.25, 0.3) is 0 Å². The second-order valence-corrected chi connectivity index (χ2v) is 5.05. The van der Waals surface area contributed by atoms with E-state index in [-0.39, 0.29) is 6.54 Å². The highest BCUT2D eigenvalue weighted by Gasteiger charge is 2.59. The molecule has 0 aliphatic carbocycles. The minimum atomic E-state index is -2.98. The van der Waals surface area contributed by atoms with Crippen LogP contribution in [0.3, 0.4) is 0 Å². The minimum absolute atomic E-state index is 0.359. The molecule has 1 aliphatic heterocycles. The van der Waals surface area contributed by atoms with Crippen molar-refractivity contribution in [2.75, 3.05) is 32.6 Å². The maximum Gasteiger partial charge on any atom is 0.317 e. The van der Waals surface area contributed by atoms with Crippen LogP contribution in [0, 0.1) is 0 Å². The molecule has 0 bridgehead atoms. The van der Waals surface area contributed by atoms with Crippen LogP contribution in [0.4, 0.5) is 14.5 Å². The standard InChI is InChI=1S/C13H18F2N2O/c1-12(13(14,15)9-16(2)3)17(4)10-7-5-6-8-11(10)18-12/h5-8H,9H2,1-4H3. The quantitative estimate of drug-likeness (QED) is 0.826. The molecule has 0 saturated heterocycles. The molecule has 0 spiro atoms. The molecule has 1 aromatic rings. The van der Waals surface area contributed by atoms with Crippen LogP contribution in [0.1, 0.15) is 6.92 Å². The van der Waals surface area contributed by atoms with Crippen molar-refractivity contribution in [1.29, 1.82) is 0 Å². The average molecular weight is 256 g/mol. The van der Waals surface area contributed by atoms with E-state index < -0.39 is 11.6 Å². The Morgan fingerprint density at radius 2 is 1.94 bits per heavy atom. The third-order valence-corrected chi connectivity index (χ3v) is 3.37. The third-order valence-electron chi connectivity index (χ3n) is 3.37. The van der Waals surface area contributed by atoms with Gasteiger partial charge in [-0.2, -0.15) is 8.78 Å². The Bertz CT molecular complexity index is 450. The molecule has 0 fully saturated rings. The third kappa shape index (κ3) is 1.82. The van der Waals surface area contributed by atoms with Gasteiger partial charge >= 0.3 is 5.92 Å². The number of halogens is 2. The molecule has 1 aromatic carbocycles.